The van der Waals surface area contributed by atoms with Crippen LogP contribution in [-0.2, 0) is 18.9 Å². The summed E-state index contributed by atoms with van der Waals surface area (Å²) in [6.45, 7) is 5.32. The summed E-state index contributed by atoms with van der Waals surface area (Å²) in [4.78, 5) is 0. The third-order valence-electron chi connectivity index (χ3n) is 4.26. The van der Waals surface area contributed by atoms with Gasteiger partial charge in [0.1, 0.15) is 0 Å². The number of rotatable bonds is 18. The largest absolute Gasteiger partial charge is 0.394 e. The Morgan fingerprint density at radius 1 is 0.533 bits per heavy atom. The molecule has 0 radical (unpaired) electrons. The molecule has 0 aliphatic carbocycles. The quantitative estimate of drug-likeness (QED) is 0.270. The minimum atomic E-state index is 0.0346. The van der Waals surface area contributed by atoms with E-state index < -0.39 is 0 Å². The zero-order valence-electron chi connectivity index (χ0n) is 17.5. The lowest BCUT2D eigenvalue weighted by Gasteiger charge is -2.14. The van der Waals surface area contributed by atoms with Crippen LogP contribution in [0.4, 0.5) is 11.4 Å². The van der Waals surface area contributed by atoms with E-state index in [0.29, 0.717) is 65.9 Å². The van der Waals surface area contributed by atoms with Gasteiger partial charge in [-0.1, -0.05) is 24.3 Å². The molecule has 2 rings (SSSR count). The molecule has 8 nitrogen and oxygen atoms in total. The van der Waals surface area contributed by atoms with Crippen LogP contribution in [0, 0.1) is 0 Å². The van der Waals surface area contributed by atoms with Crippen LogP contribution >= 0.6 is 0 Å². The molecule has 0 unspecified atom stereocenters. The van der Waals surface area contributed by atoms with Gasteiger partial charge in [0.05, 0.1) is 66.1 Å². The molecule has 0 aliphatic rings. The van der Waals surface area contributed by atoms with E-state index in [9.17, 15) is 0 Å². The third-order valence-corrected chi connectivity index (χ3v) is 4.26. The topological polar surface area (TPSA) is 101 Å². The molecule has 0 atom stereocenters. The second kappa shape index (κ2) is 15.8. The van der Waals surface area contributed by atoms with Crippen molar-refractivity contribution in [3.05, 3.63) is 36.4 Å². The summed E-state index contributed by atoms with van der Waals surface area (Å²) in [5.74, 6) is 0. The molecule has 168 valence electrons. The lowest BCUT2D eigenvalue weighted by atomic mass is 10.1. The van der Waals surface area contributed by atoms with Gasteiger partial charge >= 0.3 is 0 Å². The Morgan fingerprint density at radius 2 is 0.933 bits per heavy atom. The Bertz CT molecular complexity index is 641. The molecule has 4 N–H and O–H groups in total. The van der Waals surface area contributed by atoms with E-state index in [0.717, 1.165) is 22.1 Å². The third kappa shape index (κ3) is 9.25. The summed E-state index contributed by atoms with van der Waals surface area (Å²) >= 11 is 0. The summed E-state index contributed by atoms with van der Waals surface area (Å²) in [6.07, 6.45) is 0. The molecule has 30 heavy (non-hydrogen) atoms. The van der Waals surface area contributed by atoms with E-state index in [1.54, 1.807) is 0 Å². The number of hydrogen-bond acceptors (Lipinski definition) is 8. The molecular formula is C22H34N2O6. The van der Waals surface area contributed by atoms with Crippen LogP contribution in [-0.4, -0.2) is 89.4 Å². The van der Waals surface area contributed by atoms with E-state index in [2.05, 4.69) is 34.9 Å². The Labute approximate surface area is 178 Å². The minimum absolute atomic E-state index is 0.0346. The van der Waals surface area contributed by atoms with Gasteiger partial charge in [0.25, 0.3) is 0 Å². The number of aliphatic hydroxyl groups is 2. The van der Waals surface area contributed by atoms with Crippen molar-refractivity contribution in [3.8, 4) is 0 Å². The molecule has 0 aromatic heterocycles. The molecule has 2 aromatic carbocycles. The van der Waals surface area contributed by atoms with Crippen LogP contribution in [0.25, 0.3) is 10.8 Å². The average molecular weight is 423 g/mol. The number of fused-ring (bicyclic) bond motifs is 1. The first-order valence-corrected chi connectivity index (χ1v) is 10.4. The van der Waals surface area contributed by atoms with Gasteiger partial charge in [-0.3, -0.25) is 0 Å². The van der Waals surface area contributed by atoms with Gasteiger partial charge < -0.3 is 39.8 Å². The van der Waals surface area contributed by atoms with Crippen molar-refractivity contribution in [3.63, 3.8) is 0 Å². The Kier molecular flexibility index (Phi) is 12.8. The molecule has 0 bridgehead atoms. The number of ether oxygens (including phenoxy) is 4. The van der Waals surface area contributed by atoms with Crippen molar-refractivity contribution >= 4 is 22.1 Å². The van der Waals surface area contributed by atoms with Crippen LogP contribution in [0.1, 0.15) is 0 Å². The molecule has 0 amide bonds. The number of hydrogen-bond donors (Lipinski definition) is 4. The summed E-state index contributed by atoms with van der Waals surface area (Å²) in [7, 11) is 0. The van der Waals surface area contributed by atoms with E-state index >= 15 is 0 Å². The van der Waals surface area contributed by atoms with Gasteiger partial charge in [0.15, 0.2) is 0 Å². The Morgan fingerprint density at radius 3 is 1.33 bits per heavy atom. The SMILES string of the molecule is OCCOCCOCCNc1cccc2c(NCCOCCOCCO)cccc12. The highest BCUT2D eigenvalue weighted by Gasteiger charge is 2.04. The van der Waals surface area contributed by atoms with E-state index in [-0.39, 0.29) is 13.2 Å². The monoisotopic (exact) mass is 422 g/mol. The van der Waals surface area contributed by atoms with Crippen molar-refractivity contribution in [1.82, 2.24) is 0 Å². The Hall–Kier alpha value is -1.94. The maximum atomic E-state index is 8.65. The predicted octanol–water partition coefficient (Wildman–Crippen LogP) is 1.71. The zero-order chi connectivity index (χ0) is 21.3. The van der Waals surface area contributed by atoms with E-state index in [1.807, 2.05) is 12.1 Å². The molecule has 0 fully saturated rings. The molecular weight excluding hydrogens is 388 g/mol. The predicted molar refractivity (Wildman–Crippen MR) is 118 cm³/mol. The first kappa shape index (κ1) is 24.3. The summed E-state index contributed by atoms with van der Waals surface area (Å²) in [6, 6.07) is 12.4. The fourth-order valence-electron chi connectivity index (χ4n) is 2.91. The highest BCUT2D eigenvalue weighted by atomic mass is 16.5. The standard InChI is InChI=1S/C22H34N2O6/c25-9-13-29-17-15-27-11-7-23-21-5-1-3-19-20(21)4-2-6-22(19)24-8-12-28-16-18-30-14-10-26/h1-6,23-26H,7-18H2. The highest BCUT2D eigenvalue weighted by Crippen LogP contribution is 2.29. The van der Waals surface area contributed by atoms with Crippen molar-refractivity contribution in [2.45, 2.75) is 0 Å². The van der Waals surface area contributed by atoms with Gasteiger partial charge in [-0.25, -0.2) is 0 Å². The van der Waals surface area contributed by atoms with Crippen LogP contribution in [0.3, 0.4) is 0 Å². The molecule has 0 aliphatic heterocycles. The van der Waals surface area contributed by atoms with Crippen LogP contribution < -0.4 is 10.6 Å². The maximum Gasteiger partial charge on any atom is 0.0701 e. The number of benzene rings is 2. The van der Waals surface area contributed by atoms with Crippen LogP contribution in [0.5, 0.6) is 0 Å². The maximum absolute atomic E-state index is 8.65. The first-order chi connectivity index (χ1) is 14.9. The molecule has 0 saturated carbocycles. The summed E-state index contributed by atoms with van der Waals surface area (Å²) in [5.41, 5.74) is 2.13. The van der Waals surface area contributed by atoms with Gasteiger partial charge in [-0.2, -0.15) is 0 Å². The van der Waals surface area contributed by atoms with Crippen LogP contribution in [0.2, 0.25) is 0 Å². The lowest BCUT2D eigenvalue weighted by molar-refractivity contribution is 0.0361. The van der Waals surface area contributed by atoms with Crippen molar-refractivity contribution in [2.75, 3.05) is 89.8 Å². The number of anilines is 2. The number of nitrogens with one attached hydrogen (secondary N) is 2. The molecule has 0 heterocycles. The Balaban J connectivity index is 1.74. The van der Waals surface area contributed by atoms with Crippen molar-refractivity contribution < 1.29 is 29.2 Å². The fourth-order valence-corrected chi connectivity index (χ4v) is 2.91. The van der Waals surface area contributed by atoms with Gasteiger partial charge in [-0.05, 0) is 12.1 Å². The van der Waals surface area contributed by atoms with E-state index in [1.165, 1.54) is 0 Å². The molecule has 8 heteroatoms. The summed E-state index contributed by atoms with van der Waals surface area (Å²) < 4.78 is 21.4. The highest BCUT2D eigenvalue weighted by molar-refractivity contribution is 6.01. The molecule has 0 spiro atoms. The normalized spacial score (nSPS) is 11.1. The second-order valence-electron chi connectivity index (χ2n) is 6.46. The van der Waals surface area contributed by atoms with Gasteiger partial charge in [-0.15, -0.1) is 0 Å². The smallest absolute Gasteiger partial charge is 0.0701 e. The lowest BCUT2D eigenvalue weighted by Crippen LogP contribution is -2.14. The fraction of sp³-hybridized carbons (Fsp3) is 0.545. The van der Waals surface area contributed by atoms with Gasteiger partial charge in [0, 0.05) is 35.2 Å². The molecule has 0 saturated heterocycles. The first-order valence-electron chi connectivity index (χ1n) is 10.4. The molecule has 2 aromatic rings. The average Bonchev–Trinajstić information content (AvgIpc) is 2.77. The van der Waals surface area contributed by atoms with Crippen LogP contribution in [0.15, 0.2) is 36.4 Å². The van der Waals surface area contributed by atoms with Crippen molar-refractivity contribution in [1.29, 1.82) is 0 Å². The minimum Gasteiger partial charge on any atom is -0.394 e. The number of aliphatic hydroxyl groups excluding tert-OH is 2. The van der Waals surface area contributed by atoms with Crippen molar-refractivity contribution in [2.24, 2.45) is 0 Å². The zero-order valence-corrected chi connectivity index (χ0v) is 17.5. The second-order valence-corrected chi connectivity index (χ2v) is 6.46. The van der Waals surface area contributed by atoms with Gasteiger partial charge in [0.2, 0.25) is 0 Å². The van der Waals surface area contributed by atoms with E-state index in [4.69, 9.17) is 29.2 Å². The summed E-state index contributed by atoms with van der Waals surface area (Å²) in [5, 5.41) is 26.4.